The molecule has 0 saturated heterocycles. The molecule has 0 fully saturated rings. The van der Waals surface area contributed by atoms with Gasteiger partial charge in [-0.2, -0.15) is 0 Å². The number of nitrogens with one attached hydrogen (secondary N) is 1. The fraction of sp³-hybridized carbons (Fsp3) is 0.250. The minimum atomic E-state index is -0.183. The van der Waals surface area contributed by atoms with Crippen LogP contribution in [-0.2, 0) is 6.54 Å². The number of aryl methyl sites for hydroxylation is 2. The number of thiophene rings is 1. The van der Waals surface area contributed by atoms with E-state index in [0.717, 1.165) is 21.7 Å². The van der Waals surface area contributed by atoms with Gasteiger partial charge in [0.05, 0.1) is 22.0 Å². The number of aliphatic hydroxyl groups excluding tert-OH is 1. The quantitative estimate of drug-likeness (QED) is 0.853. The van der Waals surface area contributed by atoms with Crippen LogP contribution in [0.2, 0.25) is 0 Å². The summed E-state index contributed by atoms with van der Waals surface area (Å²) in [4.78, 5) is 17.8. The summed E-state index contributed by atoms with van der Waals surface area (Å²) in [5.74, 6) is 5.31. The molecule has 0 bridgehead atoms. The lowest BCUT2D eigenvalue weighted by Gasteiger charge is -2.05. The van der Waals surface area contributed by atoms with Crippen LogP contribution in [0.1, 0.15) is 31.4 Å². The smallest absolute Gasteiger partial charge is 0.261 e. The number of pyridine rings is 1. The molecule has 4 nitrogen and oxygen atoms in total. The lowest BCUT2D eigenvalue weighted by molar-refractivity contribution is 0.0954. The molecular formula is C16H16N2O2S. The molecule has 0 aliphatic rings. The summed E-state index contributed by atoms with van der Waals surface area (Å²) >= 11 is 1.33. The van der Waals surface area contributed by atoms with E-state index in [0.29, 0.717) is 11.4 Å². The molecule has 0 aliphatic heterocycles. The third-order valence-corrected chi connectivity index (χ3v) is 4.11. The second-order valence-electron chi connectivity index (χ2n) is 4.53. The Bertz CT molecular complexity index is 711. The van der Waals surface area contributed by atoms with Crippen LogP contribution in [0.4, 0.5) is 0 Å². The molecule has 2 N–H and O–H groups in total. The van der Waals surface area contributed by atoms with Gasteiger partial charge < -0.3 is 10.4 Å². The number of carbonyl (C=O) groups is 1. The van der Waals surface area contributed by atoms with Gasteiger partial charge in [-0.05, 0) is 37.1 Å². The van der Waals surface area contributed by atoms with E-state index in [4.69, 9.17) is 5.11 Å². The van der Waals surface area contributed by atoms with Gasteiger partial charge in [-0.3, -0.25) is 9.78 Å². The summed E-state index contributed by atoms with van der Waals surface area (Å²) in [6, 6.07) is 5.65. The Morgan fingerprint density at radius 3 is 2.95 bits per heavy atom. The second kappa shape index (κ2) is 7.02. The summed E-state index contributed by atoms with van der Waals surface area (Å²) in [5.41, 5.74) is 2.86. The van der Waals surface area contributed by atoms with Crippen molar-refractivity contribution in [1.82, 2.24) is 10.3 Å². The summed E-state index contributed by atoms with van der Waals surface area (Å²) in [7, 11) is 0. The molecule has 1 amide bonds. The van der Waals surface area contributed by atoms with Crippen molar-refractivity contribution in [3.8, 4) is 11.8 Å². The molecule has 0 saturated carbocycles. The summed E-state index contributed by atoms with van der Waals surface area (Å²) < 4.78 is 0. The Hall–Kier alpha value is -2.16. The molecule has 0 spiro atoms. The fourth-order valence-electron chi connectivity index (χ4n) is 1.79. The van der Waals surface area contributed by atoms with E-state index in [-0.39, 0.29) is 12.5 Å². The predicted molar refractivity (Wildman–Crippen MR) is 83.2 cm³/mol. The topological polar surface area (TPSA) is 62.2 Å². The molecule has 0 aliphatic carbocycles. The van der Waals surface area contributed by atoms with Crippen molar-refractivity contribution in [3.05, 3.63) is 51.0 Å². The maximum atomic E-state index is 12.1. The lowest BCUT2D eigenvalue weighted by atomic mass is 10.2. The normalized spacial score (nSPS) is 9.86. The average Bonchev–Trinajstić information content (AvgIpc) is 2.85. The van der Waals surface area contributed by atoms with Crippen LogP contribution in [0.3, 0.4) is 0 Å². The van der Waals surface area contributed by atoms with E-state index in [1.54, 1.807) is 6.20 Å². The molecule has 21 heavy (non-hydrogen) atoms. The van der Waals surface area contributed by atoms with Gasteiger partial charge in [0.25, 0.3) is 5.91 Å². The van der Waals surface area contributed by atoms with Crippen molar-refractivity contribution in [2.75, 3.05) is 6.61 Å². The van der Waals surface area contributed by atoms with Crippen molar-refractivity contribution < 1.29 is 9.90 Å². The highest BCUT2D eigenvalue weighted by Gasteiger charge is 2.11. The zero-order chi connectivity index (χ0) is 15.2. The van der Waals surface area contributed by atoms with Gasteiger partial charge >= 0.3 is 0 Å². The van der Waals surface area contributed by atoms with E-state index >= 15 is 0 Å². The Labute approximate surface area is 127 Å². The number of amides is 1. The molecule has 0 aromatic carbocycles. The van der Waals surface area contributed by atoms with E-state index < -0.39 is 0 Å². The second-order valence-corrected chi connectivity index (χ2v) is 5.58. The molecule has 2 rings (SSSR count). The van der Waals surface area contributed by atoms with Crippen molar-refractivity contribution >= 4 is 17.2 Å². The average molecular weight is 300 g/mol. The minimum Gasteiger partial charge on any atom is -0.384 e. The number of hydrogen-bond donors (Lipinski definition) is 2. The highest BCUT2D eigenvalue weighted by atomic mass is 32.1. The van der Waals surface area contributed by atoms with Gasteiger partial charge in [0.2, 0.25) is 0 Å². The van der Waals surface area contributed by atoms with E-state index in [2.05, 4.69) is 22.1 Å². The maximum Gasteiger partial charge on any atom is 0.261 e. The highest BCUT2D eigenvalue weighted by molar-refractivity contribution is 7.14. The van der Waals surface area contributed by atoms with E-state index in [1.807, 2.05) is 32.0 Å². The fourth-order valence-corrected chi connectivity index (χ4v) is 2.76. The van der Waals surface area contributed by atoms with E-state index in [1.165, 1.54) is 11.3 Å². The molecule has 0 atom stereocenters. The molecule has 5 heteroatoms. The van der Waals surface area contributed by atoms with Crippen molar-refractivity contribution in [2.45, 2.75) is 20.4 Å². The molecule has 2 aromatic rings. The first-order valence-electron chi connectivity index (χ1n) is 6.50. The van der Waals surface area contributed by atoms with Gasteiger partial charge in [0.1, 0.15) is 6.61 Å². The number of aliphatic hydroxyl groups is 1. The van der Waals surface area contributed by atoms with Crippen LogP contribution in [0.25, 0.3) is 0 Å². The summed E-state index contributed by atoms with van der Waals surface area (Å²) in [6.45, 7) is 4.09. The van der Waals surface area contributed by atoms with Crippen LogP contribution < -0.4 is 5.32 Å². The lowest BCUT2D eigenvalue weighted by Crippen LogP contribution is -2.22. The zero-order valence-electron chi connectivity index (χ0n) is 11.9. The van der Waals surface area contributed by atoms with Crippen molar-refractivity contribution in [2.24, 2.45) is 0 Å². The Balaban J connectivity index is 2.06. The molecule has 108 valence electrons. The van der Waals surface area contributed by atoms with Crippen LogP contribution in [0, 0.1) is 25.7 Å². The molecule has 0 radical (unpaired) electrons. The van der Waals surface area contributed by atoms with Gasteiger partial charge in [-0.25, -0.2) is 0 Å². The molecule has 0 unspecified atom stereocenters. The number of carbonyl (C=O) groups excluding carboxylic acids is 1. The number of aromatic nitrogens is 1. The number of rotatable bonds is 3. The van der Waals surface area contributed by atoms with Gasteiger partial charge in [-0.15, -0.1) is 11.3 Å². The SMILES string of the molecule is Cc1cccnc1CNC(=O)c1cc(C)c(C#CCO)s1. The monoisotopic (exact) mass is 300 g/mol. The first-order valence-corrected chi connectivity index (χ1v) is 7.32. The first kappa shape index (κ1) is 15.2. The largest absolute Gasteiger partial charge is 0.384 e. The number of nitrogens with zero attached hydrogens (tertiary/aromatic N) is 1. The predicted octanol–water partition coefficient (Wildman–Crippen LogP) is 2.03. The molecule has 2 heterocycles. The van der Waals surface area contributed by atoms with E-state index in [9.17, 15) is 4.79 Å². The number of hydrogen-bond acceptors (Lipinski definition) is 4. The van der Waals surface area contributed by atoms with Crippen LogP contribution in [0.15, 0.2) is 24.4 Å². The summed E-state index contributed by atoms with van der Waals surface area (Å²) in [6.07, 6.45) is 1.71. The Morgan fingerprint density at radius 1 is 1.43 bits per heavy atom. The molecule has 2 aromatic heterocycles. The first-order chi connectivity index (χ1) is 10.1. The minimum absolute atomic E-state index is 0.134. The van der Waals surface area contributed by atoms with Crippen molar-refractivity contribution in [3.63, 3.8) is 0 Å². The Morgan fingerprint density at radius 2 is 2.24 bits per heavy atom. The highest BCUT2D eigenvalue weighted by Crippen LogP contribution is 2.21. The molecular weight excluding hydrogens is 284 g/mol. The standard InChI is InChI=1S/C16H16N2O2S/c1-11-5-3-7-17-13(11)10-18-16(20)15-9-12(2)14(21-15)6-4-8-19/h3,5,7,9,19H,8,10H2,1-2H3,(H,18,20). The summed E-state index contributed by atoms with van der Waals surface area (Å²) in [5, 5.41) is 11.6. The van der Waals surface area contributed by atoms with Crippen LogP contribution in [-0.4, -0.2) is 22.6 Å². The third-order valence-electron chi connectivity index (χ3n) is 2.96. The van der Waals surface area contributed by atoms with Crippen LogP contribution >= 0.6 is 11.3 Å². The van der Waals surface area contributed by atoms with Gasteiger partial charge in [-0.1, -0.05) is 17.9 Å². The van der Waals surface area contributed by atoms with Gasteiger partial charge in [0, 0.05) is 6.20 Å². The van der Waals surface area contributed by atoms with Crippen molar-refractivity contribution in [1.29, 1.82) is 0 Å². The Kier molecular flexibility index (Phi) is 5.09. The maximum absolute atomic E-state index is 12.1. The van der Waals surface area contributed by atoms with Crippen LogP contribution in [0.5, 0.6) is 0 Å². The van der Waals surface area contributed by atoms with Gasteiger partial charge in [0.15, 0.2) is 0 Å². The third kappa shape index (κ3) is 3.91. The zero-order valence-corrected chi connectivity index (χ0v) is 12.8.